The van der Waals surface area contributed by atoms with E-state index in [1.807, 2.05) is 36.1 Å². The maximum Gasteiger partial charge on any atom is 0.252 e. The summed E-state index contributed by atoms with van der Waals surface area (Å²) in [5.41, 5.74) is 1.56. The molecule has 0 aliphatic carbocycles. The van der Waals surface area contributed by atoms with Gasteiger partial charge in [-0.2, -0.15) is 4.99 Å². The largest absolute Gasteiger partial charge is 0.461 e. The first-order valence-electron chi connectivity index (χ1n) is 12.8. The number of carbonyl (C=O) groups is 2. The van der Waals surface area contributed by atoms with Gasteiger partial charge in [0.05, 0.1) is 12.5 Å². The van der Waals surface area contributed by atoms with E-state index in [1.54, 1.807) is 29.6 Å². The molecule has 1 aromatic carbocycles. The van der Waals surface area contributed by atoms with Gasteiger partial charge in [-0.25, -0.2) is 15.0 Å². The molecular formula is C27H31N7O3. The number of nitrogens with one attached hydrogen (secondary N) is 1. The summed E-state index contributed by atoms with van der Waals surface area (Å²) >= 11 is 0. The van der Waals surface area contributed by atoms with Crippen LogP contribution in [0.5, 0.6) is 0 Å². The Balaban J connectivity index is 1.35. The number of benzene rings is 1. The molecule has 2 aliphatic heterocycles. The lowest BCUT2D eigenvalue weighted by Gasteiger charge is -2.25. The average molecular weight is 502 g/mol. The first kappa shape index (κ1) is 24.6. The van der Waals surface area contributed by atoms with E-state index in [9.17, 15) is 9.59 Å². The van der Waals surface area contributed by atoms with Crippen molar-refractivity contribution in [2.45, 2.75) is 39.0 Å². The highest BCUT2D eigenvalue weighted by molar-refractivity contribution is 6.04. The first-order chi connectivity index (χ1) is 18.0. The molecule has 37 heavy (non-hydrogen) atoms. The fraction of sp³-hybridized carbons (Fsp3) is 0.407. The van der Waals surface area contributed by atoms with Crippen molar-refractivity contribution in [3.8, 4) is 0 Å². The number of aliphatic imine (C=N–C) groups is 2. The van der Waals surface area contributed by atoms with Crippen molar-refractivity contribution in [3.63, 3.8) is 0 Å². The van der Waals surface area contributed by atoms with Gasteiger partial charge in [-0.05, 0) is 62.9 Å². The molecule has 192 valence electrons. The standard InChI is InChI=1S/C27H31N7O3/c1-19-15-21-16-22(8-9-23(21)37-19)31-27(32-26-28-10-6-11-29-26)30-17-20-7-2-3-14-34(25(20)36)18-24(35)33-12-4-5-13-33/h6,8-11,15-17,20H,2-5,7,12-14,18H2,1H3,(H,28,29,31,32)/b30-17+. The maximum absolute atomic E-state index is 13.3. The van der Waals surface area contributed by atoms with Crippen LogP contribution in [0.3, 0.4) is 0 Å². The number of hydrogen-bond acceptors (Lipinski definition) is 6. The van der Waals surface area contributed by atoms with Crippen molar-refractivity contribution in [1.29, 1.82) is 0 Å². The van der Waals surface area contributed by atoms with Gasteiger partial charge < -0.3 is 19.5 Å². The molecule has 10 heteroatoms. The summed E-state index contributed by atoms with van der Waals surface area (Å²) in [7, 11) is 0. The third-order valence-electron chi connectivity index (χ3n) is 6.64. The summed E-state index contributed by atoms with van der Waals surface area (Å²) in [6.07, 6.45) is 9.34. The van der Waals surface area contributed by atoms with Gasteiger partial charge in [0.15, 0.2) is 0 Å². The van der Waals surface area contributed by atoms with Crippen LogP contribution in [-0.4, -0.2) is 69.9 Å². The number of guanidine groups is 1. The molecule has 2 fully saturated rings. The minimum atomic E-state index is -0.434. The van der Waals surface area contributed by atoms with E-state index in [2.05, 4.69) is 25.3 Å². The van der Waals surface area contributed by atoms with Crippen LogP contribution in [0.4, 0.5) is 11.6 Å². The van der Waals surface area contributed by atoms with E-state index in [-0.39, 0.29) is 30.3 Å². The summed E-state index contributed by atoms with van der Waals surface area (Å²) in [6, 6.07) is 9.39. The molecule has 0 saturated carbocycles. The summed E-state index contributed by atoms with van der Waals surface area (Å²) < 4.78 is 5.67. The molecule has 10 nitrogen and oxygen atoms in total. The number of anilines is 1. The van der Waals surface area contributed by atoms with Gasteiger partial charge in [-0.3, -0.25) is 9.59 Å². The smallest absolute Gasteiger partial charge is 0.252 e. The SMILES string of the molecule is Cc1cc2cc(NC(=Nc3ncccn3)/N=C/C3CCCCN(CC(=O)N4CCCC4)C3=O)ccc2o1. The van der Waals surface area contributed by atoms with Gasteiger partial charge in [-0.15, -0.1) is 0 Å². The van der Waals surface area contributed by atoms with Gasteiger partial charge in [-0.1, -0.05) is 6.42 Å². The normalized spacial score (nSPS) is 19.1. The summed E-state index contributed by atoms with van der Waals surface area (Å²) in [4.78, 5) is 47.0. The topological polar surface area (TPSA) is 116 Å². The highest BCUT2D eigenvalue weighted by atomic mass is 16.3. The Morgan fingerprint density at radius 2 is 1.92 bits per heavy atom. The van der Waals surface area contributed by atoms with Crippen molar-refractivity contribution in [3.05, 3.63) is 48.5 Å². The number of nitrogens with zero attached hydrogens (tertiary/aromatic N) is 6. The number of aryl methyl sites for hydroxylation is 1. The van der Waals surface area contributed by atoms with Crippen LogP contribution in [0.1, 0.15) is 37.9 Å². The number of amides is 2. The third-order valence-corrected chi connectivity index (χ3v) is 6.64. The summed E-state index contributed by atoms with van der Waals surface area (Å²) in [5.74, 6) is 0.876. The van der Waals surface area contributed by atoms with Crippen LogP contribution < -0.4 is 5.32 Å². The number of rotatable bonds is 5. The third kappa shape index (κ3) is 6.19. The first-order valence-corrected chi connectivity index (χ1v) is 12.8. The Morgan fingerprint density at radius 3 is 2.73 bits per heavy atom. The number of aromatic nitrogens is 2. The Hall–Kier alpha value is -4.08. The van der Waals surface area contributed by atoms with Crippen LogP contribution in [0, 0.1) is 12.8 Å². The van der Waals surface area contributed by atoms with Crippen LogP contribution in [0.15, 0.2) is 57.1 Å². The Morgan fingerprint density at radius 1 is 1.14 bits per heavy atom. The zero-order valence-corrected chi connectivity index (χ0v) is 21.0. The molecule has 0 spiro atoms. The molecule has 3 aromatic rings. The second kappa shape index (κ2) is 11.3. The number of carbonyl (C=O) groups excluding carboxylic acids is 2. The second-order valence-corrected chi connectivity index (χ2v) is 9.45. The predicted octanol–water partition coefficient (Wildman–Crippen LogP) is 3.95. The van der Waals surface area contributed by atoms with E-state index in [0.717, 1.165) is 61.2 Å². The van der Waals surface area contributed by atoms with E-state index >= 15 is 0 Å². The fourth-order valence-corrected chi connectivity index (χ4v) is 4.74. The molecule has 0 bridgehead atoms. The maximum atomic E-state index is 13.3. The number of hydrogen-bond donors (Lipinski definition) is 1. The average Bonchev–Trinajstić information content (AvgIpc) is 3.53. The van der Waals surface area contributed by atoms with E-state index in [4.69, 9.17) is 4.42 Å². The van der Waals surface area contributed by atoms with Crippen molar-refractivity contribution in [1.82, 2.24) is 19.8 Å². The minimum Gasteiger partial charge on any atom is -0.461 e. The van der Waals surface area contributed by atoms with Gasteiger partial charge in [0.1, 0.15) is 11.3 Å². The highest BCUT2D eigenvalue weighted by Crippen LogP contribution is 2.23. The Kier molecular flexibility index (Phi) is 7.53. The molecule has 1 atom stereocenters. The lowest BCUT2D eigenvalue weighted by atomic mass is 10.0. The monoisotopic (exact) mass is 501 g/mol. The molecule has 0 radical (unpaired) electrons. The van der Waals surface area contributed by atoms with E-state index < -0.39 is 5.92 Å². The van der Waals surface area contributed by atoms with Crippen LogP contribution in [0.25, 0.3) is 11.0 Å². The van der Waals surface area contributed by atoms with Crippen molar-refractivity contribution < 1.29 is 14.0 Å². The van der Waals surface area contributed by atoms with E-state index in [1.165, 1.54) is 0 Å². The highest BCUT2D eigenvalue weighted by Gasteiger charge is 2.29. The lowest BCUT2D eigenvalue weighted by Crippen LogP contribution is -2.44. The number of furan rings is 1. The predicted molar refractivity (Wildman–Crippen MR) is 142 cm³/mol. The quantitative estimate of drug-likeness (QED) is 0.418. The number of likely N-dealkylation sites (tertiary alicyclic amines) is 2. The minimum absolute atomic E-state index is 0.0264. The zero-order valence-electron chi connectivity index (χ0n) is 21.0. The Bertz CT molecular complexity index is 1310. The molecule has 2 saturated heterocycles. The molecule has 1 N–H and O–H groups in total. The van der Waals surface area contributed by atoms with Crippen LogP contribution in [0.2, 0.25) is 0 Å². The van der Waals surface area contributed by atoms with Gasteiger partial charge >= 0.3 is 0 Å². The molecule has 2 amide bonds. The molecule has 2 aromatic heterocycles. The van der Waals surface area contributed by atoms with Crippen LogP contribution >= 0.6 is 0 Å². The van der Waals surface area contributed by atoms with Crippen LogP contribution in [-0.2, 0) is 9.59 Å². The van der Waals surface area contributed by atoms with Gasteiger partial charge in [0, 0.05) is 49.3 Å². The summed E-state index contributed by atoms with van der Waals surface area (Å²) in [5, 5.41) is 4.18. The Labute approximate surface area is 215 Å². The van der Waals surface area contributed by atoms with Crippen molar-refractivity contribution >= 4 is 46.6 Å². The summed E-state index contributed by atoms with van der Waals surface area (Å²) in [6.45, 7) is 4.18. The molecule has 4 heterocycles. The van der Waals surface area contributed by atoms with Crippen molar-refractivity contribution in [2.75, 3.05) is 31.5 Å². The fourth-order valence-electron chi connectivity index (χ4n) is 4.74. The zero-order chi connectivity index (χ0) is 25.6. The molecular weight excluding hydrogens is 470 g/mol. The molecule has 2 aliphatic rings. The molecule has 5 rings (SSSR count). The van der Waals surface area contributed by atoms with Gasteiger partial charge in [0.25, 0.3) is 5.95 Å². The van der Waals surface area contributed by atoms with E-state index in [0.29, 0.717) is 13.0 Å². The van der Waals surface area contributed by atoms with Crippen molar-refractivity contribution in [2.24, 2.45) is 15.9 Å². The lowest BCUT2D eigenvalue weighted by molar-refractivity contribution is -0.140. The number of fused-ring (bicyclic) bond motifs is 1. The molecule has 1 unspecified atom stereocenters. The second-order valence-electron chi connectivity index (χ2n) is 9.45. The van der Waals surface area contributed by atoms with Gasteiger partial charge in [0.2, 0.25) is 17.8 Å².